The number of esters is 1. The van der Waals surface area contributed by atoms with Crippen molar-refractivity contribution in [1.82, 2.24) is 14.7 Å². The summed E-state index contributed by atoms with van der Waals surface area (Å²) in [6, 6.07) is -0.0506. The minimum atomic E-state index is -0.0617. The Morgan fingerprint density at radius 3 is 3.05 bits per heavy atom. The second kappa shape index (κ2) is 6.70. The summed E-state index contributed by atoms with van der Waals surface area (Å²) in [4.78, 5) is 14.2. The number of hydrogen-bond acceptors (Lipinski definition) is 4. The highest BCUT2D eigenvalue weighted by Gasteiger charge is 2.29. The maximum atomic E-state index is 11.9. The second-order valence-electron chi connectivity index (χ2n) is 5.07. The van der Waals surface area contributed by atoms with E-state index in [4.69, 9.17) is 4.74 Å². The van der Waals surface area contributed by atoms with E-state index in [1.165, 1.54) is 12.0 Å². The fourth-order valence-corrected chi connectivity index (χ4v) is 2.64. The summed E-state index contributed by atoms with van der Waals surface area (Å²) in [6.07, 6.45) is 8.07. The van der Waals surface area contributed by atoms with E-state index in [0.29, 0.717) is 6.61 Å². The highest BCUT2D eigenvalue weighted by molar-refractivity contribution is 5.75. The average molecular weight is 265 g/mol. The molecular weight excluding hydrogens is 242 g/mol. The summed E-state index contributed by atoms with van der Waals surface area (Å²) in [5, 5.41) is 4.17. The summed E-state index contributed by atoms with van der Waals surface area (Å²) in [5.74, 6) is -0.0617. The molecule has 2 rings (SSSR count). The standard InChI is InChI=1S/C14H23N3O2/c1-3-19-14(18)13-6-4-5-8-17(13)9-7-12-10-15-16(2)11-12/h10-11,13H,3-9H2,1-2H3. The summed E-state index contributed by atoms with van der Waals surface area (Å²) >= 11 is 0. The summed E-state index contributed by atoms with van der Waals surface area (Å²) in [5.41, 5.74) is 1.22. The van der Waals surface area contributed by atoms with E-state index in [1.54, 1.807) is 0 Å². The lowest BCUT2D eigenvalue weighted by Crippen LogP contribution is -2.46. The zero-order chi connectivity index (χ0) is 13.7. The number of nitrogens with zero attached hydrogens (tertiary/aromatic N) is 3. The first-order chi connectivity index (χ1) is 9.20. The SMILES string of the molecule is CCOC(=O)C1CCCCN1CCc1cnn(C)c1. The molecule has 1 unspecified atom stereocenters. The van der Waals surface area contributed by atoms with Gasteiger partial charge in [0.1, 0.15) is 6.04 Å². The van der Waals surface area contributed by atoms with E-state index in [2.05, 4.69) is 10.00 Å². The molecule has 1 atom stereocenters. The Morgan fingerprint density at radius 2 is 2.37 bits per heavy atom. The molecule has 1 fully saturated rings. The van der Waals surface area contributed by atoms with Crippen LogP contribution in [0.4, 0.5) is 0 Å². The van der Waals surface area contributed by atoms with Gasteiger partial charge >= 0.3 is 5.97 Å². The van der Waals surface area contributed by atoms with E-state index in [1.807, 2.05) is 31.0 Å². The quantitative estimate of drug-likeness (QED) is 0.755. The van der Waals surface area contributed by atoms with Crippen LogP contribution in [-0.4, -0.2) is 46.4 Å². The monoisotopic (exact) mass is 265 g/mol. The number of piperidine rings is 1. The molecule has 0 aliphatic carbocycles. The summed E-state index contributed by atoms with van der Waals surface area (Å²) in [6.45, 7) is 4.21. The maximum absolute atomic E-state index is 11.9. The lowest BCUT2D eigenvalue weighted by molar-refractivity contribution is -0.150. The number of rotatable bonds is 5. The van der Waals surface area contributed by atoms with E-state index in [-0.39, 0.29) is 12.0 Å². The number of aromatic nitrogens is 2. The summed E-state index contributed by atoms with van der Waals surface area (Å²) < 4.78 is 6.98. The number of aryl methyl sites for hydroxylation is 1. The molecule has 19 heavy (non-hydrogen) atoms. The van der Waals surface area contributed by atoms with Crippen LogP contribution >= 0.6 is 0 Å². The third-order valence-corrected chi connectivity index (χ3v) is 3.62. The fourth-order valence-electron chi connectivity index (χ4n) is 2.64. The van der Waals surface area contributed by atoms with Crippen LogP contribution in [0.3, 0.4) is 0 Å². The zero-order valence-electron chi connectivity index (χ0n) is 11.8. The smallest absolute Gasteiger partial charge is 0.323 e. The number of hydrogen-bond donors (Lipinski definition) is 0. The van der Waals surface area contributed by atoms with Crippen LogP contribution < -0.4 is 0 Å². The van der Waals surface area contributed by atoms with Crippen LogP contribution in [-0.2, 0) is 23.0 Å². The van der Waals surface area contributed by atoms with Crippen LogP contribution in [0.15, 0.2) is 12.4 Å². The van der Waals surface area contributed by atoms with Crippen LogP contribution in [0.5, 0.6) is 0 Å². The molecule has 106 valence electrons. The van der Waals surface area contributed by atoms with Crippen molar-refractivity contribution in [2.24, 2.45) is 7.05 Å². The molecule has 0 radical (unpaired) electrons. The van der Waals surface area contributed by atoms with Gasteiger partial charge in [-0.15, -0.1) is 0 Å². The lowest BCUT2D eigenvalue weighted by Gasteiger charge is -2.33. The average Bonchev–Trinajstić information content (AvgIpc) is 2.83. The Kier molecular flexibility index (Phi) is 4.96. The van der Waals surface area contributed by atoms with Crippen molar-refractivity contribution < 1.29 is 9.53 Å². The number of likely N-dealkylation sites (tertiary alicyclic amines) is 1. The third-order valence-electron chi connectivity index (χ3n) is 3.62. The number of carbonyl (C=O) groups is 1. The Morgan fingerprint density at radius 1 is 1.53 bits per heavy atom. The molecule has 2 heterocycles. The normalized spacial score (nSPS) is 20.4. The lowest BCUT2D eigenvalue weighted by atomic mass is 10.0. The fraction of sp³-hybridized carbons (Fsp3) is 0.714. The highest BCUT2D eigenvalue weighted by atomic mass is 16.5. The molecule has 1 aliphatic rings. The van der Waals surface area contributed by atoms with Gasteiger partial charge in [-0.25, -0.2) is 0 Å². The Labute approximate surface area is 114 Å². The molecule has 5 heteroatoms. The van der Waals surface area contributed by atoms with E-state index in [9.17, 15) is 4.79 Å². The van der Waals surface area contributed by atoms with Gasteiger partial charge in [-0.2, -0.15) is 5.10 Å². The van der Waals surface area contributed by atoms with Crippen LogP contribution in [0.1, 0.15) is 31.7 Å². The largest absolute Gasteiger partial charge is 0.465 e. The molecule has 0 saturated carbocycles. The molecule has 0 aromatic carbocycles. The number of carbonyl (C=O) groups excluding carboxylic acids is 1. The molecule has 1 aliphatic heterocycles. The minimum Gasteiger partial charge on any atom is -0.465 e. The van der Waals surface area contributed by atoms with Gasteiger partial charge in [0.15, 0.2) is 0 Å². The second-order valence-corrected chi connectivity index (χ2v) is 5.07. The molecular formula is C14H23N3O2. The first-order valence-corrected chi connectivity index (χ1v) is 7.09. The van der Waals surface area contributed by atoms with Crippen molar-refractivity contribution in [3.8, 4) is 0 Å². The molecule has 0 amide bonds. The Bertz CT molecular complexity index is 417. The van der Waals surface area contributed by atoms with Gasteiger partial charge in [0.05, 0.1) is 12.8 Å². The van der Waals surface area contributed by atoms with Crippen LogP contribution in [0, 0.1) is 0 Å². The van der Waals surface area contributed by atoms with Crippen molar-refractivity contribution in [2.75, 3.05) is 19.7 Å². The topological polar surface area (TPSA) is 47.4 Å². The highest BCUT2D eigenvalue weighted by Crippen LogP contribution is 2.18. The molecule has 0 bridgehead atoms. The summed E-state index contributed by atoms with van der Waals surface area (Å²) in [7, 11) is 1.92. The van der Waals surface area contributed by atoms with Crippen molar-refractivity contribution in [2.45, 2.75) is 38.6 Å². The Balaban J connectivity index is 1.90. The third kappa shape index (κ3) is 3.80. The van der Waals surface area contributed by atoms with E-state index < -0.39 is 0 Å². The molecule has 0 N–H and O–H groups in total. The molecule has 5 nitrogen and oxygen atoms in total. The number of ether oxygens (including phenoxy) is 1. The zero-order valence-corrected chi connectivity index (χ0v) is 11.8. The van der Waals surface area contributed by atoms with Gasteiger partial charge in [0, 0.05) is 19.8 Å². The van der Waals surface area contributed by atoms with Crippen LogP contribution in [0.2, 0.25) is 0 Å². The molecule has 1 aromatic heterocycles. The molecule has 0 spiro atoms. The van der Waals surface area contributed by atoms with Crippen molar-refractivity contribution in [3.63, 3.8) is 0 Å². The molecule has 1 aromatic rings. The minimum absolute atomic E-state index is 0.0506. The van der Waals surface area contributed by atoms with Gasteiger partial charge in [-0.3, -0.25) is 14.4 Å². The van der Waals surface area contributed by atoms with Gasteiger partial charge < -0.3 is 4.74 Å². The first kappa shape index (κ1) is 14.1. The van der Waals surface area contributed by atoms with Crippen LogP contribution in [0.25, 0.3) is 0 Å². The van der Waals surface area contributed by atoms with E-state index >= 15 is 0 Å². The van der Waals surface area contributed by atoms with Crippen molar-refractivity contribution >= 4 is 5.97 Å². The van der Waals surface area contributed by atoms with Gasteiger partial charge in [-0.1, -0.05) is 6.42 Å². The maximum Gasteiger partial charge on any atom is 0.323 e. The molecule has 1 saturated heterocycles. The predicted octanol–water partition coefficient (Wildman–Crippen LogP) is 1.38. The van der Waals surface area contributed by atoms with Gasteiger partial charge in [0.2, 0.25) is 0 Å². The van der Waals surface area contributed by atoms with Gasteiger partial charge in [0.25, 0.3) is 0 Å². The van der Waals surface area contributed by atoms with Gasteiger partial charge in [-0.05, 0) is 38.3 Å². The first-order valence-electron chi connectivity index (χ1n) is 7.09. The van der Waals surface area contributed by atoms with E-state index in [0.717, 1.165) is 32.4 Å². The predicted molar refractivity (Wildman–Crippen MR) is 72.8 cm³/mol. The van der Waals surface area contributed by atoms with Crippen molar-refractivity contribution in [1.29, 1.82) is 0 Å². The Hall–Kier alpha value is -1.36. The van der Waals surface area contributed by atoms with Crippen molar-refractivity contribution in [3.05, 3.63) is 18.0 Å².